The first-order chi connectivity index (χ1) is 13.0. The number of pyridine rings is 1. The van der Waals surface area contributed by atoms with Crippen LogP contribution >= 0.6 is 0 Å². The van der Waals surface area contributed by atoms with E-state index in [1.54, 1.807) is 36.5 Å². The fourth-order valence-corrected chi connectivity index (χ4v) is 4.76. The Hall–Kier alpha value is -1.87. The van der Waals surface area contributed by atoms with E-state index in [-0.39, 0.29) is 23.9 Å². The largest absolute Gasteiger partial charge is 0.369 e. The zero-order valence-electron chi connectivity index (χ0n) is 14.9. The maximum absolute atomic E-state index is 12.8. The molecular weight excluding hydrogens is 380 g/mol. The molecule has 6 nitrogen and oxygen atoms in total. The number of carbonyl (C=O) groups is 1. The fraction of sp³-hybridized carbons (Fsp3) is 0.368. The van der Waals surface area contributed by atoms with Crippen LogP contribution in [0.4, 0.5) is 0 Å². The van der Waals surface area contributed by atoms with Crippen molar-refractivity contribution in [2.45, 2.75) is 30.8 Å². The summed E-state index contributed by atoms with van der Waals surface area (Å²) in [5.41, 5.74) is 1.17. The summed E-state index contributed by atoms with van der Waals surface area (Å²) in [6, 6.07) is 8.28. The molecule has 0 N–H and O–H groups in total. The summed E-state index contributed by atoms with van der Waals surface area (Å²) in [6.07, 6.45) is 5.94. The second-order valence-corrected chi connectivity index (χ2v) is 8.92. The van der Waals surface area contributed by atoms with Gasteiger partial charge >= 0.3 is 0 Å². The molecule has 0 bridgehead atoms. The molecule has 0 saturated carbocycles. The van der Waals surface area contributed by atoms with Crippen LogP contribution in [-0.4, -0.2) is 53.4 Å². The molecule has 1 aliphatic heterocycles. The fourth-order valence-electron chi connectivity index (χ4n) is 2.97. The Morgan fingerprint density at radius 1 is 1.19 bits per heavy atom. The van der Waals surface area contributed by atoms with Crippen LogP contribution in [0.5, 0.6) is 0 Å². The molecule has 1 aromatic heterocycles. The highest BCUT2D eigenvalue weighted by Gasteiger charge is 2.26. The number of ketones is 1. The number of rotatable bonds is 7. The van der Waals surface area contributed by atoms with Crippen molar-refractivity contribution < 1.29 is 17.9 Å². The van der Waals surface area contributed by atoms with Gasteiger partial charge in [0, 0.05) is 31.0 Å². The molecule has 2 heterocycles. The Kier molecular flexibility index (Phi) is 6.54. The van der Waals surface area contributed by atoms with Crippen LogP contribution in [0.15, 0.2) is 47.6 Å². The molecule has 141 valence electrons. The van der Waals surface area contributed by atoms with Crippen LogP contribution in [0.1, 0.15) is 35.2 Å². The number of Topliss-reactive ketones (excluding diaryl/α,β-unsaturated/α-hetero) is 1. The van der Waals surface area contributed by atoms with Crippen LogP contribution in [0, 0.1) is 0 Å². The third kappa shape index (κ3) is 4.89. The van der Waals surface area contributed by atoms with Crippen LogP contribution in [0.2, 0.25) is 0 Å². The summed E-state index contributed by atoms with van der Waals surface area (Å²) < 4.78 is 32.7. The van der Waals surface area contributed by atoms with Gasteiger partial charge in [0.1, 0.15) is 6.61 Å². The first kappa shape index (κ1) is 19.9. The number of piperidine rings is 1. The van der Waals surface area contributed by atoms with Gasteiger partial charge < -0.3 is 4.74 Å². The predicted molar refractivity (Wildman–Crippen MR) is 103 cm³/mol. The Morgan fingerprint density at radius 3 is 2.67 bits per heavy atom. The van der Waals surface area contributed by atoms with E-state index in [9.17, 15) is 13.2 Å². The summed E-state index contributed by atoms with van der Waals surface area (Å²) in [6.45, 7) is 1.15. The minimum absolute atomic E-state index is 0.0968. The third-order valence-electron chi connectivity index (χ3n) is 4.50. The average molecular weight is 402 g/mol. The lowest BCUT2D eigenvalue weighted by atomic mass is 10.2. The molecule has 1 aromatic carbocycles. The molecule has 1 saturated heterocycles. The first-order valence-corrected chi connectivity index (χ1v) is 10.8. The smallest absolute Gasteiger partial charge is 0.243 e. The van der Waals surface area contributed by atoms with E-state index in [1.165, 1.54) is 10.5 Å². The molecule has 0 unspecified atom stereocenters. The minimum atomic E-state index is -3.50. The molecule has 3 radical (unpaired) electrons. The number of hydrogen-bond acceptors (Lipinski definition) is 5. The highest BCUT2D eigenvalue weighted by Crippen LogP contribution is 2.21. The molecule has 8 heteroatoms. The zero-order valence-corrected chi connectivity index (χ0v) is 16.7. The van der Waals surface area contributed by atoms with Crippen LogP contribution < -0.4 is 5.19 Å². The standard InChI is InChI=1S/C19H21N2O4SSi/c22-18(15-5-4-8-20-12-15)14-25-13-16-11-17(6-7-19(16)27)26(23,24)21-9-2-1-3-10-21/h4-8,11-12H,1-3,9-10,13-14H2. The van der Waals surface area contributed by atoms with Crippen molar-refractivity contribution in [1.29, 1.82) is 0 Å². The van der Waals surface area contributed by atoms with Gasteiger partial charge in [-0.2, -0.15) is 4.31 Å². The van der Waals surface area contributed by atoms with Gasteiger partial charge in [0.05, 0.1) is 21.7 Å². The third-order valence-corrected chi connectivity index (χ3v) is 6.89. The van der Waals surface area contributed by atoms with Gasteiger partial charge in [-0.3, -0.25) is 9.78 Å². The highest BCUT2D eigenvalue weighted by molar-refractivity contribution is 7.89. The summed E-state index contributed by atoms with van der Waals surface area (Å²) in [4.78, 5) is 16.2. The van der Waals surface area contributed by atoms with Gasteiger partial charge in [-0.1, -0.05) is 17.7 Å². The summed E-state index contributed by atoms with van der Waals surface area (Å²) in [7, 11) is -0.0264. The van der Waals surface area contributed by atoms with Gasteiger partial charge in [0.15, 0.2) is 5.78 Å². The van der Waals surface area contributed by atoms with E-state index in [0.717, 1.165) is 24.4 Å². The molecule has 0 aliphatic carbocycles. The lowest BCUT2D eigenvalue weighted by Gasteiger charge is -2.26. The van der Waals surface area contributed by atoms with Crippen molar-refractivity contribution in [2.24, 2.45) is 0 Å². The van der Waals surface area contributed by atoms with Crippen molar-refractivity contribution in [3.8, 4) is 0 Å². The Bertz CT molecular complexity index is 897. The van der Waals surface area contributed by atoms with Gasteiger partial charge in [-0.15, -0.1) is 0 Å². The van der Waals surface area contributed by atoms with E-state index in [0.29, 0.717) is 24.2 Å². The summed E-state index contributed by atoms with van der Waals surface area (Å²) >= 11 is 0. The van der Waals surface area contributed by atoms with E-state index >= 15 is 0 Å². The van der Waals surface area contributed by atoms with Crippen molar-refractivity contribution in [1.82, 2.24) is 9.29 Å². The lowest BCUT2D eigenvalue weighted by Crippen LogP contribution is -2.35. The first-order valence-electron chi connectivity index (χ1n) is 8.84. The van der Waals surface area contributed by atoms with Gasteiger partial charge in [0.25, 0.3) is 0 Å². The van der Waals surface area contributed by atoms with E-state index < -0.39 is 10.0 Å². The van der Waals surface area contributed by atoms with Crippen LogP contribution in [-0.2, 0) is 21.4 Å². The molecule has 2 aromatic rings. The average Bonchev–Trinajstić information content (AvgIpc) is 2.70. The van der Waals surface area contributed by atoms with Crippen molar-refractivity contribution >= 4 is 31.2 Å². The second-order valence-electron chi connectivity index (χ2n) is 6.44. The van der Waals surface area contributed by atoms with Crippen molar-refractivity contribution in [2.75, 3.05) is 19.7 Å². The summed E-state index contributed by atoms with van der Waals surface area (Å²) in [5.74, 6) is -0.171. The molecule has 0 atom stereocenters. The number of nitrogens with zero attached hydrogens (tertiary/aromatic N) is 2. The molecule has 27 heavy (non-hydrogen) atoms. The highest BCUT2D eigenvalue weighted by atomic mass is 32.2. The molecule has 3 rings (SSSR count). The number of aromatic nitrogens is 1. The van der Waals surface area contributed by atoms with Gasteiger partial charge in [-0.25, -0.2) is 8.42 Å². The number of benzene rings is 1. The van der Waals surface area contributed by atoms with Crippen molar-refractivity contribution in [3.63, 3.8) is 0 Å². The number of ether oxygens (including phenoxy) is 1. The van der Waals surface area contributed by atoms with Gasteiger partial charge in [-0.05, 0) is 42.7 Å². The number of sulfonamides is 1. The molecular formula is C19H21N2O4SSi. The SMILES string of the molecule is O=C(COCc1cc(S(=O)(=O)N2CCCCC2)ccc1[Si])c1cccnc1. The molecule has 1 fully saturated rings. The van der Waals surface area contributed by atoms with Crippen LogP contribution in [0.25, 0.3) is 0 Å². The molecule has 0 spiro atoms. The maximum atomic E-state index is 12.8. The summed E-state index contributed by atoms with van der Waals surface area (Å²) in [5, 5.41) is 0.737. The zero-order chi connectivity index (χ0) is 19.3. The molecule has 0 amide bonds. The van der Waals surface area contributed by atoms with Crippen LogP contribution in [0.3, 0.4) is 0 Å². The molecule has 1 aliphatic rings. The Morgan fingerprint density at radius 2 is 1.96 bits per heavy atom. The quantitative estimate of drug-likeness (QED) is 0.518. The lowest BCUT2D eigenvalue weighted by molar-refractivity contribution is 0.0727. The monoisotopic (exact) mass is 401 g/mol. The van der Waals surface area contributed by atoms with Crippen molar-refractivity contribution in [3.05, 3.63) is 53.9 Å². The van der Waals surface area contributed by atoms with Gasteiger partial charge in [0.2, 0.25) is 10.0 Å². The number of hydrogen-bond donors (Lipinski definition) is 0. The van der Waals surface area contributed by atoms with E-state index in [4.69, 9.17) is 4.74 Å². The minimum Gasteiger partial charge on any atom is -0.369 e. The maximum Gasteiger partial charge on any atom is 0.243 e. The Labute approximate surface area is 163 Å². The van der Waals surface area contributed by atoms with E-state index in [1.807, 2.05) is 0 Å². The number of carbonyl (C=O) groups excluding carboxylic acids is 1. The topological polar surface area (TPSA) is 76.6 Å². The second kappa shape index (κ2) is 8.88. The Balaban J connectivity index is 1.67. The predicted octanol–water partition coefficient (Wildman–Crippen LogP) is 1.45. The van der Waals surface area contributed by atoms with E-state index in [2.05, 4.69) is 15.2 Å². The normalized spacial score (nSPS) is 15.6.